The van der Waals surface area contributed by atoms with Gasteiger partial charge in [-0.2, -0.15) is 0 Å². The zero-order valence-electron chi connectivity index (χ0n) is 29.4. The Morgan fingerprint density at radius 1 is 0.787 bits per heavy atom. The summed E-state index contributed by atoms with van der Waals surface area (Å²) in [5, 5.41) is 17.4. The van der Waals surface area contributed by atoms with Crippen molar-refractivity contribution in [3.8, 4) is 11.5 Å². The summed E-state index contributed by atoms with van der Waals surface area (Å²) < 4.78 is 10.7. The average molecular weight is 709 g/mol. The molecular weight excluding hydrogens is 656 g/mol. The predicted molar refractivity (Wildman–Crippen MR) is 183 cm³/mol. The van der Waals surface area contributed by atoms with E-state index in [-0.39, 0.29) is 70.0 Å². The van der Waals surface area contributed by atoms with E-state index in [1.165, 1.54) is 0 Å². The number of carbonyl (C=O) groups excluding carboxylic acids is 3. The van der Waals surface area contributed by atoms with Crippen molar-refractivity contribution in [3.63, 3.8) is 0 Å². The molecule has 0 atom stereocenters. The van der Waals surface area contributed by atoms with Gasteiger partial charge in [0, 0.05) is 49.9 Å². The maximum atomic E-state index is 12.5. The zero-order chi connectivity index (χ0) is 33.3. The zero-order valence-corrected chi connectivity index (χ0v) is 33.0. The number of ether oxygens (including phenoxy) is 2. The standard InChI is InChI=1S/C17H23NO3.C12H15ClO2.C6H12O2.ClH.Na.H2O/c1-17(2,3)14-6-5-12(11-15(14)21-4)16(20)18-9-7-13(19)8-10-18;1-12(2,3)9-6-5-8(11(13)14)7-10(9)15-4;7-6(8)4-2-1-3-5-6;;;/h5-6,11H,7-10H2,1-4H3;5-7H,1-4H3;7-8H,1-5H2;1H;;1H2/q;;;;+1;/p-1. The third-order valence-electron chi connectivity index (χ3n) is 7.76. The maximum Gasteiger partial charge on any atom is 1.00 e. The number of benzene rings is 2. The number of hydrogen-bond acceptors (Lipinski definition) is 8. The van der Waals surface area contributed by atoms with Gasteiger partial charge in [-0.05, 0) is 70.7 Å². The molecule has 12 heteroatoms. The van der Waals surface area contributed by atoms with Crippen LogP contribution in [0.25, 0.3) is 0 Å². The number of hydrogen-bond donors (Lipinski definition) is 2. The number of piperidine rings is 1. The normalized spacial score (nSPS) is 15.5. The molecule has 9 nitrogen and oxygen atoms in total. The van der Waals surface area contributed by atoms with Crippen molar-refractivity contribution in [2.24, 2.45) is 0 Å². The molecular formula is C35H52Cl2NNaO8. The fourth-order valence-electron chi connectivity index (χ4n) is 5.14. The van der Waals surface area contributed by atoms with Crippen LogP contribution in [-0.2, 0) is 15.6 Å². The van der Waals surface area contributed by atoms with Crippen LogP contribution in [0.4, 0.5) is 0 Å². The second-order valence-electron chi connectivity index (χ2n) is 13.5. The van der Waals surface area contributed by atoms with Crippen molar-refractivity contribution in [1.29, 1.82) is 0 Å². The molecule has 0 unspecified atom stereocenters. The van der Waals surface area contributed by atoms with Crippen molar-refractivity contribution in [1.82, 2.24) is 4.90 Å². The molecule has 0 bridgehead atoms. The van der Waals surface area contributed by atoms with E-state index in [0.717, 1.165) is 36.1 Å². The summed E-state index contributed by atoms with van der Waals surface area (Å²) in [5.74, 6) is 0.328. The Kier molecular flexibility index (Phi) is 20.9. The molecule has 1 amide bonds. The number of halogens is 2. The van der Waals surface area contributed by atoms with Gasteiger partial charge < -0.3 is 30.1 Å². The Hall–Kier alpha value is -1.69. The molecule has 260 valence electrons. The van der Waals surface area contributed by atoms with E-state index in [1.54, 1.807) is 37.3 Å². The van der Waals surface area contributed by atoms with Crippen molar-refractivity contribution in [2.75, 3.05) is 27.3 Å². The fraction of sp³-hybridized carbons (Fsp3) is 0.571. The first-order valence-electron chi connectivity index (χ1n) is 15.2. The van der Waals surface area contributed by atoms with E-state index in [9.17, 15) is 14.4 Å². The average Bonchev–Trinajstić information content (AvgIpc) is 2.96. The molecule has 2 aliphatic rings. The van der Waals surface area contributed by atoms with Gasteiger partial charge >= 0.3 is 29.6 Å². The second-order valence-corrected chi connectivity index (χ2v) is 13.8. The number of rotatable bonds is 4. The van der Waals surface area contributed by atoms with Crippen LogP contribution in [0.1, 0.15) is 118 Å². The van der Waals surface area contributed by atoms with E-state index in [0.29, 0.717) is 55.6 Å². The van der Waals surface area contributed by atoms with Gasteiger partial charge in [0.05, 0.1) is 14.2 Å². The summed E-state index contributed by atoms with van der Waals surface area (Å²) >= 11 is 5.40. The minimum atomic E-state index is -1.32. The number of amides is 1. The Bertz CT molecular complexity index is 1290. The summed E-state index contributed by atoms with van der Waals surface area (Å²) in [6, 6.07) is 10.9. The minimum Gasteiger partial charge on any atom is -0.870 e. The Balaban J connectivity index is 0. The number of ketones is 1. The number of likely N-dealkylation sites (tertiary alicyclic amines) is 1. The van der Waals surface area contributed by atoms with Crippen molar-refractivity contribution in [3.05, 3.63) is 58.7 Å². The van der Waals surface area contributed by atoms with Crippen molar-refractivity contribution < 1.29 is 69.1 Å². The van der Waals surface area contributed by atoms with Crippen LogP contribution in [0.2, 0.25) is 0 Å². The number of methoxy groups -OCH3 is 2. The van der Waals surface area contributed by atoms with Crippen LogP contribution < -0.4 is 39.0 Å². The second kappa shape index (κ2) is 20.7. The fourth-order valence-corrected chi connectivity index (χ4v) is 5.25. The minimum absolute atomic E-state index is 0. The topological polar surface area (TPSA) is 143 Å². The Morgan fingerprint density at radius 3 is 1.53 bits per heavy atom. The first-order valence-corrected chi connectivity index (χ1v) is 15.6. The first-order chi connectivity index (χ1) is 20.4. The summed E-state index contributed by atoms with van der Waals surface area (Å²) in [4.78, 5) is 36.5. The van der Waals surface area contributed by atoms with Gasteiger partial charge in [-0.25, -0.2) is 0 Å². The summed E-state index contributed by atoms with van der Waals surface area (Å²) in [6.07, 6.45) is 5.13. The molecule has 1 saturated carbocycles. The van der Waals surface area contributed by atoms with Crippen molar-refractivity contribution >= 4 is 40.9 Å². The predicted octanol–water partition coefficient (Wildman–Crippen LogP) is 4.05. The molecule has 47 heavy (non-hydrogen) atoms. The molecule has 2 aromatic rings. The molecule has 1 aliphatic carbocycles. The van der Waals surface area contributed by atoms with E-state index in [1.807, 2.05) is 18.2 Å². The molecule has 3 N–H and O–H groups in total. The van der Waals surface area contributed by atoms with Gasteiger partial charge in [-0.1, -0.05) is 60.1 Å². The van der Waals surface area contributed by atoms with Crippen LogP contribution in [0.5, 0.6) is 11.5 Å². The van der Waals surface area contributed by atoms with Gasteiger partial charge in [0.1, 0.15) is 17.3 Å². The van der Waals surface area contributed by atoms with Gasteiger partial charge in [0.15, 0.2) is 5.79 Å². The van der Waals surface area contributed by atoms with E-state index in [2.05, 4.69) is 41.5 Å². The van der Waals surface area contributed by atoms with Gasteiger partial charge in [-0.3, -0.25) is 14.4 Å². The molecule has 4 rings (SSSR count). The molecule has 1 aliphatic heterocycles. The molecule has 0 spiro atoms. The van der Waals surface area contributed by atoms with Crippen LogP contribution in [0.15, 0.2) is 36.4 Å². The van der Waals surface area contributed by atoms with E-state index >= 15 is 0 Å². The number of Topliss-reactive ketones (excluding diaryl/α,β-unsaturated/α-hetero) is 1. The van der Waals surface area contributed by atoms with Gasteiger partial charge in [0.2, 0.25) is 0 Å². The monoisotopic (exact) mass is 707 g/mol. The molecule has 0 radical (unpaired) electrons. The SMILES string of the molecule is COc1cc(C(=O)Cl)ccc1C(C)(C)C.COc1cc(C(=O)N2CCC(=O)CC2)ccc1C(C)(C)C.Cl.OC1(O)CCCCC1.[Na+].[OH-]. The summed E-state index contributed by atoms with van der Waals surface area (Å²) in [6.45, 7) is 13.6. The molecule has 1 saturated heterocycles. The molecule has 2 fully saturated rings. The smallest absolute Gasteiger partial charge is 0.870 e. The largest absolute Gasteiger partial charge is 1.00 e. The molecule has 2 aromatic carbocycles. The van der Waals surface area contributed by atoms with Crippen LogP contribution in [-0.4, -0.2) is 70.6 Å². The summed E-state index contributed by atoms with van der Waals surface area (Å²) in [7, 11) is 3.21. The Labute approximate surface area is 313 Å². The molecule has 0 aromatic heterocycles. The van der Waals surface area contributed by atoms with Crippen molar-refractivity contribution in [2.45, 2.75) is 103 Å². The number of nitrogens with zero attached hydrogens (tertiary/aromatic N) is 1. The quantitative estimate of drug-likeness (QED) is 0.275. The Morgan fingerprint density at radius 2 is 1.19 bits per heavy atom. The summed E-state index contributed by atoms with van der Waals surface area (Å²) in [5.41, 5.74) is 3.17. The first kappa shape index (κ1) is 47.4. The van der Waals surface area contributed by atoms with Gasteiger partial charge in [-0.15, -0.1) is 12.4 Å². The third-order valence-corrected chi connectivity index (χ3v) is 7.97. The van der Waals surface area contributed by atoms with Crippen LogP contribution in [0, 0.1) is 0 Å². The van der Waals surface area contributed by atoms with E-state index in [4.69, 9.17) is 31.3 Å². The number of aliphatic hydroxyl groups is 2. The van der Waals surface area contributed by atoms with Gasteiger partial charge in [0.25, 0.3) is 11.1 Å². The van der Waals surface area contributed by atoms with Crippen LogP contribution in [0.3, 0.4) is 0 Å². The third kappa shape index (κ3) is 15.2. The maximum absolute atomic E-state index is 12.5. The molecule has 1 heterocycles. The van der Waals surface area contributed by atoms with E-state index < -0.39 is 11.0 Å². The van der Waals surface area contributed by atoms with Crippen LogP contribution >= 0.6 is 24.0 Å². The number of carbonyl (C=O) groups is 3.